The lowest BCUT2D eigenvalue weighted by Gasteiger charge is -2.08. The van der Waals surface area contributed by atoms with Gasteiger partial charge in [0.2, 0.25) is 10.0 Å². The number of halogens is 1. The van der Waals surface area contributed by atoms with Crippen LogP contribution in [0.15, 0.2) is 35.2 Å². The third-order valence-corrected chi connectivity index (χ3v) is 5.19. The van der Waals surface area contributed by atoms with Crippen molar-refractivity contribution < 1.29 is 8.42 Å². The third-order valence-electron chi connectivity index (χ3n) is 2.50. The van der Waals surface area contributed by atoms with Gasteiger partial charge < -0.3 is 5.73 Å². The molecule has 0 atom stereocenters. The van der Waals surface area contributed by atoms with Crippen molar-refractivity contribution in [3.05, 3.63) is 45.1 Å². The summed E-state index contributed by atoms with van der Waals surface area (Å²) >= 11 is 7.34. The highest BCUT2D eigenvalue weighted by molar-refractivity contribution is 7.89. The van der Waals surface area contributed by atoms with E-state index in [0.29, 0.717) is 5.02 Å². The number of nitrogens with one attached hydrogen (secondary N) is 1. The van der Waals surface area contributed by atoms with Crippen LogP contribution in [0.2, 0.25) is 5.02 Å². The number of nitrogens with two attached hydrogens (primary N) is 1. The number of benzene rings is 1. The largest absolute Gasteiger partial charge is 0.398 e. The van der Waals surface area contributed by atoms with Crippen molar-refractivity contribution in [2.45, 2.75) is 18.4 Å². The molecular formula is C12H13ClN2O2S2. The summed E-state index contributed by atoms with van der Waals surface area (Å²) in [6, 6.07) is 8.22. The molecule has 1 aromatic carbocycles. The first kappa shape index (κ1) is 14.3. The van der Waals surface area contributed by atoms with Crippen LogP contribution in [0.25, 0.3) is 0 Å². The van der Waals surface area contributed by atoms with E-state index in [-0.39, 0.29) is 17.1 Å². The fourth-order valence-corrected chi connectivity index (χ4v) is 3.88. The lowest BCUT2D eigenvalue weighted by Crippen LogP contribution is -2.23. The fourth-order valence-electron chi connectivity index (χ4n) is 1.56. The summed E-state index contributed by atoms with van der Waals surface area (Å²) in [5.74, 6) is 0. The Hall–Kier alpha value is -1.08. The zero-order valence-corrected chi connectivity index (χ0v) is 12.6. The Balaban J connectivity index is 2.20. The maximum atomic E-state index is 12.1. The minimum atomic E-state index is -3.66. The summed E-state index contributed by atoms with van der Waals surface area (Å²) in [5.41, 5.74) is 5.85. The van der Waals surface area contributed by atoms with Crippen LogP contribution in [0.4, 0.5) is 5.69 Å². The van der Waals surface area contributed by atoms with Gasteiger partial charge in [0.15, 0.2) is 0 Å². The first-order chi connectivity index (χ1) is 8.88. The number of nitrogen functional groups attached to an aromatic ring is 1. The molecule has 0 aliphatic rings. The second kappa shape index (κ2) is 5.50. The summed E-state index contributed by atoms with van der Waals surface area (Å²) in [6.07, 6.45) is 0. The molecule has 102 valence electrons. The van der Waals surface area contributed by atoms with Crippen molar-refractivity contribution >= 4 is 38.6 Å². The van der Waals surface area contributed by atoms with E-state index in [1.54, 1.807) is 17.4 Å². The molecule has 1 aromatic heterocycles. The van der Waals surface area contributed by atoms with E-state index in [1.165, 1.54) is 12.1 Å². The zero-order chi connectivity index (χ0) is 14.0. The Morgan fingerprint density at radius 1 is 1.32 bits per heavy atom. The lowest BCUT2D eigenvalue weighted by atomic mass is 10.3. The first-order valence-electron chi connectivity index (χ1n) is 5.48. The van der Waals surface area contributed by atoms with E-state index in [1.807, 2.05) is 19.1 Å². The summed E-state index contributed by atoms with van der Waals surface area (Å²) in [6.45, 7) is 2.21. The molecule has 0 unspecified atom stereocenters. The van der Waals surface area contributed by atoms with Crippen molar-refractivity contribution in [2.75, 3.05) is 5.73 Å². The van der Waals surface area contributed by atoms with E-state index in [2.05, 4.69) is 4.72 Å². The number of aryl methyl sites for hydroxylation is 1. The Morgan fingerprint density at radius 3 is 2.68 bits per heavy atom. The van der Waals surface area contributed by atoms with E-state index < -0.39 is 10.0 Å². The van der Waals surface area contributed by atoms with Crippen LogP contribution in [0.3, 0.4) is 0 Å². The van der Waals surface area contributed by atoms with Gasteiger partial charge in [0, 0.05) is 21.3 Å². The molecule has 2 rings (SSSR count). The predicted octanol–water partition coefficient (Wildman–Crippen LogP) is 2.77. The van der Waals surface area contributed by atoms with Gasteiger partial charge in [-0.2, -0.15) is 0 Å². The molecule has 2 aromatic rings. The average Bonchev–Trinajstić information content (AvgIpc) is 2.76. The van der Waals surface area contributed by atoms with Crippen molar-refractivity contribution in [2.24, 2.45) is 0 Å². The number of rotatable bonds is 4. The first-order valence-corrected chi connectivity index (χ1v) is 8.16. The normalized spacial score (nSPS) is 11.7. The van der Waals surface area contributed by atoms with Crippen LogP contribution in [0.1, 0.15) is 9.75 Å². The van der Waals surface area contributed by atoms with Crippen LogP contribution in [0, 0.1) is 6.92 Å². The predicted molar refractivity (Wildman–Crippen MR) is 78.9 cm³/mol. The molecular weight excluding hydrogens is 304 g/mol. The highest BCUT2D eigenvalue weighted by Gasteiger charge is 2.17. The molecule has 0 bridgehead atoms. The van der Waals surface area contributed by atoms with Crippen LogP contribution in [0.5, 0.6) is 0 Å². The Kier molecular flexibility index (Phi) is 4.15. The Labute approximate surface area is 121 Å². The standard InChI is InChI=1S/C12H13ClN2O2S2/c1-8-2-4-10(18-8)7-15-19(16,17)12-6-9(13)3-5-11(12)14/h2-6,15H,7,14H2,1H3. The lowest BCUT2D eigenvalue weighted by molar-refractivity contribution is 0.582. The molecule has 0 aliphatic carbocycles. The quantitative estimate of drug-likeness (QED) is 0.852. The maximum absolute atomic E-state index is 12.1. The van der Waals surface area contributed by atoms with Crippen molar-refractivity contribution in [3.63, 3.8) is 0 Å². The highest BCUT2D eigenvalue weighted by atomic mass is 35.5. The molecule has 0 saturated heterocycles. The molecule has 0 saturated carbocycles. The SMILES string of the molecule is Cc1ccc(CNS(=O)(=O)c2cc(Cl)ccc2N)s1. The van der Waals surface area contributed by atoms with Crippen LogP contribution < -0.4 is 10.5 Å². The van der Waals surface area contributed by atoms with Gasteiger partial charge in [-0.3, -0.25) is 0 Å². The molecule has 3 N–H and O–H groups in total. The second-order valence-corrected chi connectivity index (χ2v) is 7.56. The highest BCUT2D eigenvalue weighted by Crippen LogP contribution is 2.23. The Morgan fingerprint density at radius 2 is 2.05 bits per heavy atom. The monoisotopic (exact) mass is 316 g/mol. The minimum absolute atomic E-state index is 0.00766. The number of anilines is 1. The molecule has 0 fully saturated rings. The van der Waals surface area contributed by atoms with Crippen molar-refractivity contribution in [1.82, 2.24) is 4.72 Å². The molecule has 1 heterocycles. The number of thiophene rings is 1. The van der Waals surface area contributed by atoms with Gasteiger partial charge in [-0.1, -0.05) is 11.6 Å². The van der Waals surface area contributed by atoms with E-state index in [4.69, 9.17) is 17.3 Å². The van der Waals surface area contributed by atoms with Gasteiger partial charge in [-0.15, -0.1) is 11.3 Å². The molecule has 7 heteroatoms. The molecule has 4 nitrogen and oxygen atoms in total. The van der Waals surface area contributed by atoms with Gasteiger partial charge in [0.1, 0.15) is 4.90 Å². The summed E-state index contributed by atoms with van der Waals surface area (Å²) in [4.78, 5) is 2.09. The van der Waals surface area contributed by atoms with Crippen LogP contribution in [-0.4, -0.2) is 8.42 Å². The average molecular weight is 317 g/mol. The topological polar surface area (TPSA) is 72.2 Å². The summed E-state index contributed by atoms with van der Waals surface area (Å²) in [5, 5.41) is 0.335. The van der Waals surface area contributed by atoms with E-state index in [0.717, 1.165) is 9.75 Å². The van der Waals surface area contributed by atoms with Crippen molar-refractivity contribution in [1.29, 1.82) is 0 Å². The smallest absolute Gasteiger partial charge is 0.242 e. The summed E-state index contributed by atoms with van der Waals surface area (Å²) < 4.78 is 26.8. The molecule has 0 spiro atoms. The van der Waals surface area contributed by atoms with Gasteiger partial charge in [-0.25, -0.2) is 13.1 Å². The van der Waals surface area contributed by atoms with Crippen molar-refractivity contribution in [3.8, 4) is 0 Å². The van der Waals surface area contributed by atoms with Gasteiger partial charge in [0.05, 0.1) is 5.69 Å². The Bertz CT molecular complexity index is 696. The maximum Gasteiger partial charge on any atom is 0.242 e. The fraction of sp³-hybridized carbons (Fsp3) is 0.167. The van der Waals surface area contributed by atoms with Gasteiger partial charge in [-0.05, 0) is 37.3 Å². The molecule has 0 amide bonds. The molecule has 0 radical (unpaired) electrons. The zero-order valence-electron chi connectivity index (χ0n) is 10.2. The van der Waals surface area contributed by atoms with E-state index in [9.17, 15) is 8.42 Å². The third kappa shape index (κ3) is 3.48. The molecule has 19 heavy (non-hydrogen) atoms. The van der Waals surface area contributed by atoms with Crippen LogP contribution >= 0.6 is 22.9 Å². The van der Waals surface area contributed by atoms with Gasteiger partial charge in [0.25, 0.3) is 0 Å². The van der Waals surface area contributed by atoms with Crippen LogP contribution in [-0.2, 0) is 16.6 Å². The number of sulfonamides is 1. The number of hydrogen-bond acceptors (Lipinski definition) is 4. The van der Waals surface area contributed by atoms with E-state index >= 15 is 0 Å². The second-order valence-electron chi connectivity index (χ2n) is 4.02. The number of hydrogen-bond donors (Lipinski definition) is 2. The molecule has 0 aliphatic heterocycles. The minimum Gasteiger partial charge on any atom is -0.398 e. The summed E-state index contributed by atoms with van der Waals surface area (Å²) in [7, 11) is -3.66. The van der Waals surface area contributed by atoms with Gasteiger partial charge >= 0.3 is 0 Å².